The molecule has 8 heteroatoms. The summed E-state index contributed by atoms with van der Waals surface area (Å²) in [6, 6.07) is 26.5. The number of likely N-dealkylation sites (tertiary alicyclic amines) is 1. The highest BCUT2D eigenvalue weighted by Crippen LogP contribution is 2.39. The van der Waals surface area contributed by atoms with E-state index < -0.39 is 5.54 Å². The third-order valence-corrected chi connectivity index (χ3v) is 7.81. The van der Waals surface area contributed by atoms with Crippen LogP contribution in [0.15, 0.2) is 84.9 Å². The van der Waals surface area contributed by atoms with Crippen molar-refractivity contribution in [1.29, 1.82) is 0 Å². The van der Waals surface area contributed by atoms with Crippen molar-refractivity contribution >= 4 is 23.4 Å². The Morgan fingerprint density at radius 1 is 0.923 bits per heavy atom. The number of methoxy groups -OCH3 is 1. The molecule has 2 heterocycles. The molecule has 2 aliphatic rings. The highest BCUT2D eigenvalue weighted by atomic mass is 16.5. The maximum Gasteiger partial charge on any atom is 0.253 e. The van der Waals surface area contributed by atoms with E-state index >= 15 is 0 Å². The van der Waals surface area contributed by atoms with E-state index in [2.05, 4.69) is 10.2 Å². The van der Waals surface area contributed by atoms with Crippen LogP contribution in [0.4, 0.5) is 5.69 Å². The quantitative estimate of drug-likeness (QED) is 0.506. The number of nitrogens with one attached hydrogen (secondary N) is 1. The summed E-state index contributed by atoms with van der Waals surface area (Å²) < 4.78 is 5.20. The first-order chi connectivity index (χ1) is 18.9. The van der Waals surface area contributed by atoms with E-state index in [4.69, 9.17) is 4.74 Å². The maximum atomic E-state index is 14.0. The number of hydrogen-bond acceptors (Lipinski definition) is 5. The van der Waals surface area contributed by atoms with E-state index in [0.29, 0.717) is 43.9 Å². The van der Waals surface area contributed by atoms with Gasteiger partial charge in [0.1, 0.15) is 17.8 Å². The van der Waals surface area contributed by atoms with Crippen LogP contribution < -0.4 is 15.0 Å². The fraction of sp³-hybridized carbons (Fsp3) is 0.323. The minimum absolute atomic E-state index is 0.0183. The van der Waals surface area contributed by atoms with Crippen LogP contribution >= 0.6 is 0 Å². The lowest BCUT2D eigenvalue weighted by Gasteiger charge is -2.43. The molecule has 5 rings (SSSR count). The van der Waals surface area contributed by atoms with Crippen LogP contribution in [0.25, 0.3) is 0 Å². The number of nitrogens with zero attached hydrogens (tertiary/aromatic N) is 3. The molecule has 0 aliphatic carbocycles. The van der Waals surface area contributed by atoms with Gasteiger partial charge in [-0.1, -0.05) is 48.5 Å². The predicted molar refractivity (Wildman–Crippen MR) is 149 cm³/mol. The lowest BCUT2D eigenvalue weighted by Crippen LogP contribution is -2.57. The summed E-state index contributed by atoms with van der Waals surface area (Å²) in [5, 5.41) is 3.02. The molecule has 202 valence electrons. The molecule has 1 unspecified atom stereocenters. The van der Waals surface area contributed by atoms with Crippen LogP contribution in [0.3, 0.4) is 0 Å². The van der Waals surface area contributed by atoms with Gasteiger partial charge in [0, 0.05) is 24.3 Å². The third-order valence-electron chi connectivity index (χ3n) is 7.81. The topological polar surface area (TPSA) is 82.2 Å². The van der Waals surface area contributed by atoms with E-state index in [-0.39, 0.29) is 30.3 Å². The molecule has 0 radical (unpaired) electrons. The van der Waals surface area contributed by atoms with Crippen molar-refractivity contribution in [3.63, 3.8) is 0 Å². The van der Waals surface area contributed by atoms with E-state index in [1.165, 1.54) is 0 Å². The predicted octanol–water partition coefficient (Wildman–Crippen LogP) is 3.85. The number of anilines is 1. The van der Waals surface area contributed by atoms with Crippen molar-refractivity contribution in [1.82, 2.24) is 15.1 Å². The summed E-state index contributed by atoms with van der Waals surface area (Å²) in [4.78, 5) is 45.7. The second-order valence-corrected chi connectivity index (χ2v) is 10.2. The van der Waals surface area contributed by atoms with Crippen molar-refractivity contribution in [3.8, 4) is 5.75 Å². The molecule has 39 heavy (non-hydrogen) atoms. The molecule has 1 N–H and O–H groups in total. The average Bonchev–Trinajstić information content (AvgIpc) is 3.24. The van der Waals surface area contributed by atoms with Crippen molar-refractivity contribution in [2.45, 2.75) is 31.3 Å². The van der Waals surface area contributed by atoms with Crippen molar-refractivity contribution in [2.75, 3.05) is 38.3 Å². The molecule has 3 amide bonds. The van der Waals surface area contributed by atoms with Gasteiger partial charge in [-0.25, -0.2) is 0 Å². The zero-order valence-corrected chi connectivity index (χ0v) is 22.4. The highest BCUT2D eigenvalue weighted by Gasteiger charge is 2.54. The van der Waals surface area contributed by atoms with Crippen molar-refractivity contribution in [3.05, 3.63) is 96.1 Å². The smallest absolute Gasteiger partial charge is 0.253 e. The second-order valence-electron chi connectivity index (χ2n) is 10.2. The van der Waals surface area contributed by atoms with Crippen LogP contribution in [0, 0.1) is 0 Å². The first-order valence-corrected chi connectivity index (χ1v) is 13.3. The van der Waals surface area contributed by atoms with Crippen LogP contribution in [0.5, 0.6) is 5.75 Å². The van der Waals surface area contributed by atoms with Gasteiger partial charge in [-0.15, -0.1) is 0 Å². The number of carbonyl (C=O) groups is 3. The third kappa shape index (κ3) is 5.32. The summed E-state index contributed by atoms with van der Waals surface area (Å²) in [5.74, 6) is 0.374. The number of piperidine rings is 1. The zero-order valence-electron chi connectivity index (χ0n) is 22.4. The van der Waals surface area contributed by atoms with Crippen LogP contribution in [0.1, 0.15) is 41.7 Å². The number of ether oxygens (including phenoxy) is 1. The van der Waals surface area contributed by atoms with Gasteiger partial charge >= 0.3 is 0 Å². The summed E-state index contributed by atoms with van der Waals surface area (Å²) in [6.07, 6.45) is 0.975. The van der Waals surface area contributed by atoms with E-state index in [9.17, 15) is 14.4 Å². The van der Waals surface area contributed by atoms with Crippen LogP contribution in [-0.4, -0.2) is 66.5 Å². The zero-order chi connectivity index (χ0) is 27.4. The SMILES string of the molecule is COc1ccc(C(=O)N2CCC3(CC2)C(=O)N(CC(=O)NC(C)c2ccccc2)CN3c2ccccc2)cc1. The van der Waals surface area contributed by atoms with Gasteiger partial charge in [-0.05, 0) is 61.7 Å². The minimum atomic E-state index is -0.802. The number of amides is 3. The molecular formula is C31H34N4O4. The Morgan fingerprint density at radius 2 is 1.54 bits per heavy atom. The number of para-hydroxylation sites is 1. The molecular weight excluding hydrogens is 492 g/mol. The summed E-state index contributed by atoms with van der Waals surface area (Å²) >= 11 is 0. The standard InChI is InChI=1S/C31H34N4O4/c1-23(24-9-5-3-6-10-24)32-28(36)21-34-22-35(26-11-7-4-8-12-26)31(30(34)38)17-19-33(20-18-31)29(37)25-13-15-27(39-2)16-14-25/h3-16,23H,17-22H2,1-2H3,(H,32,36). The van der Waals surface area contributed by atoms with Gasteiger partial charge in [0.15, 0.2) is 0 Å². The molecule has 3 aromatic rings. The largest absolute Gasteiger partial charge is 0.497 e. The fourth-order valence-electron chi connectivity index (χ4n) is 5.60. The van der Waals surface area contributed by atoms with Gasteiger partial charge < -0.3 is 24.8 Å². The second kappa shape index (κ2) is 11.2. The highest BCUT2D eigenvalue weighted by molar-refractivity contribution is 5.97. The summed E-state index contributed by atoms with van der Waals surface area (Å²) in [6.45, 7) is 3.14. The van der Waals surface area contributed by atoms with Gasteiger partial charge in [-0.3, -0.25) is 14.4 Å². The molecule has 2 aliphatic heterocycles. The van der Waals surface area contributed by atoms with Crippen molar-refractivity contribution in [2.24, 2.45) is 0 Å². The number of rotatable bonds is 7. The van der Waals surface area contributed by atoms with Gasteiger partial charge in [0.2, 0.25) is 5.91 Å². The Morgan fingerprint density at radius 3 is 2.15 bits per heavy atom. The lowest BCUT2D eigenvalue weighted by atomic mass is 9.85. The first kappa shape index (κ1) is 26.3. The summed E-state index contributed by atoms with van der Waals surface area (Å²) in [7, 11) is 1.59. The fourth-order valence-corrected chi connectivity index (χ4v) is 5.60. The molecule has 0 bridgehead atoms. The molecule has 2 saturated heterocycles. The lowest BCUT2D eigenvalue weighted by molar-refractivity contribution is -0.137. The Balaban J connectivity index is 1.31. The van der Waals surface area contributed by atoms with Crippen LogP contribution in [-0.2, 0) is 9.59 Å². The molecule has 2 fully saturated rings. The Hall–Kier alpha value is -4.33. The van der Waals surface area contributed by atoms with E-state index in [1.807, 2.05) is 67.6 Å². The molecule has 0 saturated carbocycles. The average molecular weight is 527 g/mol. The molecule has 1 spiro atoms. The Labute approximate surface area is 229 Å². The first-order valence-electron chi connectivity index (χ1n) is 13.3. The summed E-state index contributed by atoms with van der Waals surface area (Å²) in [5.41, 5.74) is 1.73. The molecule has 1 atom stereocenters. The van der Waals surface area contributed by atoms with Crippen molar-refractivity contribution < 1.29 is 19.1 Å². The molecule has 8 nitrogen and oxygen atoms in total. The number of benzene rings is 3. The van der Waals surface area contributed by atoms with Gasteiger partial charge in [0.25, 0.3) is 11.8 Å². The Bertz CT molecular complexity index is 1310. The van der Waals surface area contributed by atoms with Gasteiger partial charge in [-0.2, -0.15) is 0 Å². The molecule has 0 aromatic heterocycles. The van der Waals surface area contributed by atoms with Crippen LogP contribution in [0.2, 0.25) is 0 Å². The number of carbonyl (C=O) groups excluding carboxylic acids is 3. The molecule has 3 aromatic carbocycles. The monoisotopic (exact) mass is 526 g/mol. The maximum absolute atomic E-state index is 14.0. The minimum Gasteiger partial charge on any atom is -0.497 e. The van der Waals surface area contributed by atoms with E-state index in [1.54, 1.807) is 41.2 Å². The number of hydrogen-bond donors (Lipinski definition) is 1. The van der Waals surface area contributed by atoms with E-state index in [0.717, 1.165) is 11.3 Å². The van der Waals surface area contributed by atoms with Gasteiger partial charge in [0.05, 0.1) is 19.8 Å². The Kier molecular flexibility index (Phi) is 7.54. The normalized spacial score (nSPS) is 17.3.